The van der Waals surface area contributed by atoms with Gasteiger partial charge in [0.1, 0.15) is 5.82 Å². The van der Waals surface area contributed by atoms with Gasteiger partial charge in [-0.15, -0.1) is 29.7 Å². The maximum Gasteiger partial charge on any atom is 0.268 e. The van der Waals surface area contributed by atoms with Crippen LogP contribution in [0.5, 0.6) is 11.5 Å². The number of aromatic nitrogens is 4. The smallest absolute Gasteiger partial charge is 0.268 e. The molecule has 6 heteroatoms. The standard InChI is InChI=1S/C76H70N4O.Pt/c1-73(2,3)56-28-21-27-53(39-56)66-43-55(50-23-15-13-16-24-50)42-65(51-25-17-14-18-26-51)72(66)79-49-78(70-44-52(33-36-68(70)79)54-40-58(75(7,8)9)45-59(41-54)76(10,11)12)60-29-22-30-61(47-60)81-62-34-35-64-63-31-19-20-32-67(63)80(69(64)48-62)71-46-57(37-38-77-71)74(4,5)6;/h13-46H,1-12H3;/q-2;/i13D,14D,15D,16D,17D,18D,23D,24D,25D,26D;. The minimum atomic E-state index is -0.589. The van der Waals surface area contributed by atoms with Gasteiger partial charge < -0.3 is 13.9 Å². The number of fused-ring (bicyclic) bond motifs is 4. The number of nitrogens with zero attached hydrogens (tertiary/aromatic N) is 4. The molecule has 82 heavy (non-hydrogen) atoms. The van der Waals surface area contributed by atoms with Crippen LogP contribution in [0.15, 0.2) is 206 Å². The van der Waals surface area contributed by atoms with E-state index in [1.807, 2.05) is 94.2 Å². The van der Waals surface area contributed by atoms with E-state index in [1.165, 1.54) is 11.1 Å². The van der Waals surface area contributed by atoms with Crippen molar-refractivity contribution in [1.29, 1.82) is 0 Å². The number of imidazole rings is 1. The Hall–Kier alpha value is -8.11. The van der Waals surface area contributed by atoms with Crippen LogP contribution in [0.25, 0.3) is 94.5 Å². The van der Waals surface area contributed by atoms with Crippen molar-refractivity contribution in [2.75, 3.05) is 0 Å². The number of hydrogen-bond acceptors (Lipinski definition) is 2. The summed E-state index contributed by atoms with van der Waals surface area (Å²) >= 11 is 0. The van der Waals surface area contributed by atoms with E-state index < -0.39 is 60.4 Å². The molecule has 0 amide bonds. The average molecular weight is 1260 g/mol. The Morgan fingerprint density at radius 2 is 1.06 bits per heavy atom. The maximum atomic E-state index is 9.62. The van der Waals surface area contributed by atoms with Gasteiger partial charge in [-0.05, 0) is 136 Å². The molecule has 0 aliphatic rings. The molecule has 0 fully saturated rings. The molecule has 0 N–H and O–H groups in total. The van der Waals surface area contributed by atoms with Crippen LogP contribution in [0.4, 0.5) is 0 Å². The summed E-state index contributed by atoms with van der Waals surface area (Å²) in [4.78, 5) is 4.88. The Labute approximate surface area is 513 Å². The second-order valence-electron chi connectivity index (χ2n) is 25.1. The molecule has 3 aromatic heterocycles. The molecule has 0 saturated heterocycles. The first-order valence-electron chi connectivity index (χ1n) is 32.5. The molecule has 0 aliphatic heterocycles. The van der Waals surface area contributed by atoms with Gasteiger partial charge in [0, 0.05) is 44.3 Å². The van der Waals surface area contributed by atoms with E-state index in [-0.39, 0.29) is 65.0 Å². The first-order valence-corrected chi connectivity index (χ1v) is 27.5. The number of hydrogen-bond donors (Lipinski definition) is 0. The third-order valence-corrected chi connectivity index (χ3v) is 15.2. The van der Waals surface area contributed by atoms with Crippen LogP contribution in [0.2, 0.25) is 0 Å². The van der Waals surface area contributed by atoms with Crippen molar-refractivity contribution in [3.8, 4) is 73.2 Å². The molecule has 9 aromatic carbocycles. The van der Waals surface area contributed by atoms with Gasteiger partial charge >= 0.3 is 0 Å². The fourth-order valence-corrected chi connectivity index (χ4v) is 10.6. The van der Waals surface area contributed by atoms with Crippen LogP contribution in [0.3, 0.4) is 0 Å². The number of ether oxygens (including phenoxy) is 1. The predicted octanol–water partition coefficient (Wildman–Crippen LogP) is 19.4. The molecule has 0 bridgehead atoms. The molecule has 12 aromatic rings. The van der Waals surface area contributed by atoms with E-state index in [9.17, 15) is 5.48 Å². The van der Waals surface area contributed by atoms with Gasteiger partial charge in [-0.25, -0.2) is 4.98 Å². The van der Waals surface area contributed by atoms with Crippen molar-refractivity contribution in [3.05, 3.63) is 247 Å². The van der Waals surface area contributed by atoms with Crippen LogP contribution >= 0.6 is 0 Å². The summed E-state index contributed by atoms with van der Waals surface area (Å²) < 4.78 is 103. The molecule has 0 spiro atoms. The summed E-state index contributed by atoms with van der Waals surface area (Å²) in [6.07, 6.45) is 5.56. The average Bonchev–Trinajstić information content (AvgIpc) is 1.32. The molecule has 412 valence electrons. The Balaban J connectivity index is 0.00000867. The second-order valence-corrected chi connectivity index (χ2v) is 25.1. The summed E-state index contributed by atoms with van der Waals surface area (Å²) in [7, 11) is 0. The van der Waals surface area contributed by atoms with Crippen molar-refractivity contribution in [1.82, 2.24) is 14.1 Å². The third-order valence-electron chi connectivity index (χ3n) is 15.2. The number of benzene rings is 9. The van der Waals surface area contributed by atoms with Crippen LogP contribution in [0, 0.1) is 18.5 Å². The van der Waals surface area contributed by atoms with E-state index in [4.69, 9.17) is 17.9 Å². The molecule has 0 aliphatic carbocycles. The van der Waals surface area contributed by atoms with Crippen molar-refractivity contribution in [2.24, 2.45) is 0 Å². The van der Waals surface area contributed by atoms with Crippen molar-refractivity contribution >= 4 is 32.8 Å². The SMILES string of the molecule is [2H]c1c([2H])c([2H])c(-c2cc(-c3cccc(C(C)(C)C)c3)c(-[n+]3[c-]n(-c4[c-]c(Oc5[c-]c6c(cc5)c5ccccc5n6-c5cc(C(C)(C)C)ccn5)ccc4)c4cc(-c5cc(C(C)(C)C)cc(C(C)(C)C)c5)ccc43)c(-c3c([2H])c([2H])c([2H])c([2H])c3[2H])c2)c([2H])c1[2H].[Pt]. The Morgan fingerprint density at radius 3 is 1.74 bits per heavy atom. The molecule has 0 saturated carbocycles. The van der Waals surface area contributed by atoms with E-state index >= 15 is 0 Å². The largest absolute Gasteiger partial charge is 0.510 e. The van der Waals surface area contributed by atoms with Gasteiger partial charge in [0.25, 0.3) is 6.33 Å². The van der Waals surface area contributed by atoms with Gasteiger partial charge in [0.2, 0.25) is 0 Å². The van der Waals surface area contributed by atoms with Crippen LogP contribution < -0.4 is 9.30 Å². The van der Waals surface area contributed by atoms with Gasteiger partial charge in [-0.2, -0.15) is 18.2 Å². The molecule has 0 atom stereocenters. The number of rotatable bonds is 9. The number of para-hydroxylation sites is 1. The molecule has 5 nitrogen and oxygen atoms in total. The first-order chi connectivity index (χ1) is 42.8. The molecule has 3 heterocycles. The summed E-state index contributed by atoms with van der Waals surface area (Å²) in [5.74, 6) is 1.57. The maximum absolute atomic E-state index is 9.62. The second kappa shape index (κ2) is 21.3. The van der Waals surface area contributed by atoms with E-state index in [0.29, 0.717) is 45.0 Å². The normalized spacial score (nSPS) is 14.0. The van der Waals surface area contributed by atoms with Gasteiger partial charge in [-0.1, -0.05) is 222 Å². The zero-order valence-electron chi connectivity index (χ0n) is 58.4. The Morgan fingerprint density at radius 1 is 0.463 bits per heavy atom. The van der Waals surface area contributed by atoms with Gasteiger partial charge in [0.05, 0.1) is 30.4 Å². The first kappa shape index (κ1) is 44.5. The summed E-state index contributed by atoms with van der Waals surface area (Å²) in [6, 6.07) is 48.0. The van der Waals surface area contributed by atoms with E-state index in [1.54, 1.807) is 12.1 Å². The zero-order chi connectivity index (χ0) is 65.3. The molecule has 0 radical (unpaired) electrons. The molecular formula is C76H70N4OPt-2. The van der Waals surface area contributed by atoms with Crippen molar-refractivity contribution in [2.45, 2.75) is 105 Å². The Bertz CT molecular complexity index is 4890. The fourth-order valence-electron chi connectivity index (χ4n) is 10.6. The summed E-state index contributed by atoms with van der Waals surface area (Å²) in [6.45, 7) is 26.1. The summed E-state index contributed by atoms with van der Waals surface area (Å²) in [5, 5.41) is 2.02. The molecular weight excluding hydrogens is 1180 g/mol. The fraction of sp³-hybridized carbons (Fsp3) is 0.211. The molecule has 0 unspecified atom stereocenters. The predicted molar refractivity (Wildman–Crippen MR) is 337 cm³/mol. The quantitative estimate of drug-likeness (QED) is 0.107. The Kier molecular flexibility index (Phi) is 11.6. The van der Waals surface area contributed by atoms with Crippen LogP contribution in [0.1, 0.15) is 119 Å². The van der Waals surface area contributed by atoms with Crippen molar-refractivity contribution in [3.63, 3.8) is 0 Å². The topological polar surface area (TPSA) is 35.9 Å². The van der Waals surface area contributed by atoms with Gasteiger partial charge in [0.15, 0.2) is 0 Å². The third kappa shape index (κ3) is 10.8. The van der Waals surface area contributed by atoms with Gasteiger partial charge in [-0.3, -0.25) is 4.57 Å². The van der Waals surface area contributed by atoms with E-state index in [2.05, 4.69) is 155 Å². The molecule has 12 rings (SSSR count). The zero-order valence-corrected chi connectivity index (χ0v) is 50.6. The minimum Gasteiger partial charge on any atom is -0.510 e. The van der Waals surface area contributed by atoms with Crippen molar-refractivity contribution < 1.29 is 44.1 Å². The summed E-state index contributed by atoms with van der Waals surface area (Å²) in [5.41, 5.74) is 10.4. The minimum absolute atomic E-state index is 0. The van der Waals surface area contributed by atoms with Crippen LogP contribution in [-0.4, -0.2) is 14.1 Å². The monoisotopic (exact) mass is 1260 g/mol. The van der Waals surface area contributed by atoms with E-state index in [0.717, 1.165) is 49.9 Å². The number of pyridine rings is 1. The van der Waals surface area contributed by atoms with Crippen LogP contribution in [-0.2, 0) is 42.7 Å².